The highest BCUT2D eigenvalue weighted by Crippen LogP contribution is 2.48. The molecule has 6 heteroatoms. The van der Waals surface area contributed by atoms with Crippen LogP contribution >= 0.6 is 0 Å². The number of rotatable bonds is 1. The molecule has 326 valence electrons. The van der Waals surface area contributed by atoms with Crippen LogP contribution in [0.3, 0.4) is 0 Å². The van der Waals surface area contributed by atoms with Gasteiger partial charge >= 0.3 is 0 Å². The Morgan fingerprint density at radius 1 is 0.449 bits per heavy atom. The molecule has 0 bridgehead atoms. The molecule has 69 heavy (non-hydrogen) atoms. The van der Waals surface area contributed by atoms with Gasteiger partial charge in [-0.05, 0) is 107 Å². The van der Waals surface area contributed by atoms with Crippen LogP contribution in [0.5, 0.6) is 0 Å². The highest BCUT2D eigenvalue weighted by molar-refractivity contribution is 7.00. The summed E-state index contributed by atoms with van der Waals surface area (Å²) in [4.78, 5) is 18.8. The number of aromatic nitrogens is 4. The van der Waals surface area contributed by atoms with E-state index in [9.17, 15) is 0 Å². The zero-order chi connectivity index (χ0) is 46.2. The number of pyridine rings is 1. The monoisotopic (exact) mass is 883 g/mol. The maximum absolute atomic E-state index is 5.88. The van der Waals surface area contributed by atoms with Gasteiger partial charge in [0, 0.05) is 67.3 Å². The average Bonchev–Trinajstić information content (AvgIpc) is 3.72. The van der Waals surface area contributed by atoms with Crippen molar-refractivity contribution in [2.75, 3.05) is 4.90 Å². The number of hydrogen-bond acceptors (Lipinski definition) is 4. The van der Waals surface area contributed by atoms with Gasteiger partial charge in [-0.25, -0.2) is 9.97 Å². The first-order valence-electron chi connectivity index (χ1n) is 24.3. The van der Waals surface area contributed by atoms with E-state index in [0.29, 0.717) is 0 Å². The molecule has 0 aliphatic carbocycles. The van der Waals surface area contributed by atoms with Gasteiger partial charge in [0.05, 0.1) is 27.8 Å². The van der Waals surface area contributed by atoms with Crippen LogP contribution in [0.2, 0.25) is 0 Å². The van der Waals surface area contributed by atoms with E-state index < -0.39 is 0 Å². The second kappa shape index (κ2) is 13.3. The number of fused-ring (bicyclic) bond motifs is 22. The zero-order valence-corrected chi connectivity index (χ0v) is 39.5. The van der Waals surface area contributed by atoms with Gasteiger partial charge in [-0.2, -0.15) is 0 Å². The lowest BCUT2D eigenvalue weighted by atomic mass is 9.33. The first kappa shape index (κ1) is 39.0. The molecule has 0 spiro atoms. The number of nitrogens with zero attached hydrogens (tertiary/aromatic N) is 5. The minimum absolute atomic E-state index is 0.000918. The number of para-hydroxylation sites is 1. The summed E-state index contributed by atoms with van der Waals surface area (Å²) in [5.74, 6) is 0. The number of hydrogen-bond donors (Lipinski definition) is 0. The van der Waals surface area contributed by atoms with Crippen molar-refractivity contribution in [3.05, 3.63) is 181 Å². The maximum atomic E-state index is 5.88. The predicted molar refractivity (Wildman–Crippen MR) is 293 cm³/mol. The fourth-order valence-electron chi connectivity index (χ4n) is 12.5. The van der Waals surface area contributed by atoms with Crippen LogP contribution in [0.1, 0.15) is 52.7 Å². The SMILES string of the molecule is CC(C)(C)c1ccc(N2c3ccc(C(C)(C)C)cc3B3c4c(cc5nc6c7ccccc7c7cnccc7c6nc5c42)-n2c4ccc5c6ccccc6c6ccccc6c5c4c4cccc3c42)cc1. The molecule has 0 N–H and O–H groups in total. The molecule has 0 amide bonds. The quantitative estimate of drug-likeness (QED) is 0.0936. The largest absolute Gasteiger partial charge is 0.310 e. The van der Waals surface area contributed by atoms with E-state index in [1.54, 1.807) is 0 Å². The topological polar surface area (TPSA) is 46.8 Å². The minimum atomic E-state index is -0.0822. The Morgan fingerprint density at radius 3 is 1.78 bits per heavy atom. The van der Waals surface area contributed by atoms with Crippen molar-refractivity contribution in [2.45, 2.75) is 52.4 Å². The summed E-state index contributed by atoms with van der Waals surface area (Å²) in [5.41, 5.74) is 16.9. The highest BCUT2D eigenvalue weighted by Gasteiger charge is 2.44. The highest BCUT2D eigenvalue weighted by atomic mass is 15.2. The van der Waals surface area contributed by atoms with E-state index in [4.69, 9.17) is 9.97 Å². The summed E-state index contributed by atoms with van der Waals surface area (Å²) in [7, 11) is 0. The van der Waals surface area contributed by atoms with Crippen LogP contribution in [-0.4, -0.2) is 26.2 Å². The van der Waals surface area contributed by atoms with Crippen molar-refractivity contribution in [1.29, 1.82) is 0 Å². The van der Waals surface area contributed by atoms with Crippen LogP contribution in [-0.2, 0) is 10.8 Å². The van der Waals surface area contributed by atoms with E-state index in [1.807, 2.05) is 12.4 Å². The van der Waals surface area contributed by atoms with Crippen molar-refractivity contribution in [1.82, 2.24) is 19.5 Å². The third kappa shape index (κ3) is 5.13. The van der Waals surface area contributed by atoms with Gasteiger partial charge in [0.2, 0.25) is 0 Å². The van der Waals surface area contributed by atoms with E-state index in [-0.39, 0.29) is 17.5 Å². The molecule has 0 atom stereocenters. The molecule has 15 rings (SSSR count). The van der Waals surface area contributed by atoms with Crippen LogP contribution < -0.4 is 21.3 Å². The lowest BCUT2D eigenvalue weighted by molar-refractivity contribution is 0.590. The fraction of sp³-hybridized carbons (Fsp3) is 0.127. The van der Waals surface area contributed by atoms with Gasteiger partial charge in [-0.3, -0.25) is 4.98 Å². The van der Waals surface area contributed by atoms with Gasteiger partial charge < -0.3 is 9.47 Å². The second-order valence-corrected chi connectivity index (χ2v) is 21.6. The van der Waals surface area contributed by atoms with E-state index in [0.717, 1.165) is 60.7 Å². The van der Waals surface area contributed by atoms with Gasteiger partial charge in [-0.15, -0.1) is 0 Å². The van der Waals surface area contributed by atoms with Gasteiger partial charge in [-0.1, -0.05) is 163 Å². The van der Waals surface area contributed by atoms with Gasteiger partial charge in [0.25, 0.3) is 6.71 Å². The second-order valence-electron chi connectivity index (χ2n) is 21.6. The van der Waals surface area contributed by atoms with Crippen molar-refractivity contribution in [2.24, 2.45) is 0 Å². The summed E-state index contributed by atoms with van der Waals surface area (Å²) in [6.07, 6.45) is 3.87. The minimum Gasteiger partial charge on any atom is -0.310 e. The Bertz CT molecular complexity index is 4420. The summed E-state index contributed by atoms with van der Waals surface area (Å²) < 4.78 is 2.59. The lowest BCUT2D eigenvalue weighted by Gasteiger charge is -2.41. The molecule has 0 fully saturated rings. The smallest absolute Gasteiger partial charge is 0.252 e. The summed E-state index contributed by atoms with van der Waals surface area (Å²) in [5, 5.41) is 14.6. The molecule has 5 heterocycles. The van der Waals surface area contributed by atoms with E-state index in [2.05, 4.69) is 214 Å². The van der Waals surface area contributed by atoms with Crippen LogP contribution in [0.4, 0.5) is 17.1 Å². The molecule has 2 aliphatic heterocycles. The van der Waals surface area contributed by atoms with E-state index in [1.165, 1.54) is 87.3 Å². The molecule has 3 aromatic heterocycles. The molecule has 5 nitrogen and oxygen atoms in total. The molecular formula is C63H46BN5. The molecule has 0 radical (unpaired) electrons. The van der Waals surface area contributed by atoms with E-state index >= 15 is 0 Å². The molecule has 0 saturated heterocycles. The summed E-state index contributed by atoms with van der Waals surface area (Å²) in [6.45, 7) is 13.8. The van der Waals surface area contributed by atoms with Crippen molar-refractivity contribution in [3.63, 3.8) is 0 Å². The van der Waals surface area contributed by atoms with Crippen molar-refractivity contribution < 1.29 is 0 Å². The predicted octanol–water partition coefficient (Wildman–Crippen LogP) is 14.2. The molecule has 10 aromatic carbocycles. The van der Waals surface area contributed by atoms with Crippen LogP contribution in [0, 0.1) is 0 Å². The van der Waals surface area contributed by atoms with Crippen LogP contribution in [0.15, 0.2) is 170 Å². The number of anilines is 3. The molecule has 13 aromatic rings. The third-order valence-corrected chi connectivity index (χ3v) is 15.7. The zero-order valence-electron chi connectivity index (χ0n) is 39.5. The first-order valence-corrected chi connectivity index (χ1v) is 24.3. The Labute approximate surface area is 399 Å². The summed E-state index contributed by atoms with van der Waals surface area (Å²) >= 11 is 0. The fourth-order valence-corrected chi connectivity index (χ4v) is 12.5. The standard InChI is InChI=1S/C63H46BN5/c1-62(2,3)35-22-25-37(26-23-35)68-51-28-24-36(63(4,5)6)32-49(51)64-48-21-13-20-46-55-52(29-27-43-40-16-8-7-14-38(40)39-15-9-11-18-42(39)54(43)55)69(60(46)48)53-33-50-59(61(68)56(53)64)67-58-45-30-31-65-34-47(45)41-17-10-12-19-44(41)57(58)66-50/h7-34H,1-6H3. The van der Waals surface area contributed by atoms with Crippen molar-refractivity contribution >= 4 is 138 Å². The Balaban J connectivity index is 1.17. The van der Waals surface area contributed by atoms with Gasteiger partial charge in [0.15, 0.2) is 0 Å². The maximum Gasteiger partial charge on any atom is 0.252 e. The molecule has 0 saturated carbocycles. The lowest BCUT2D eigenvalue weighted by Crippen LogP contribution is -2.60. The number of benzene rings is 10. The molecule has 2 aliphatic rings. The van der Waals surface area contributed by atoms with Gasteiger partial charge in [0.1, 0.15) is 5.52 Å². The third-order valence-electron chi connectivity index (χ3n) is 15.7. The summed E-state index contributed by atoms with van der Waals surface area (Å²) in [6, 6.07) is 59.3. The van der Waals surface area contributed by atoms with Crippen molar-refractivity contribution in [3.8, 4) is 5.69 Å². The normalized spacial score (nSPS) is 13.6. The first-order chi connectivity index (χ1) is 33.5. The molecular weight excluding hydrogens is 838 g/mol. The van der Waals surface area contributed by atoms with Crippen LogP contribution in [0.25, 0.3) is 103 Å². The average molecular weight is 884 g/mol. The molecule has 0 unspecified atom stereocenters. The Morgan fingerprint density at radius 2 is 1.06 bits per heavy atom. The Kier molecular flexibility index (Phi) is 7.53. The Hall–Kier alpha value is -8.09.